The summed E-state index contributed by atoms with van der Waals surface area (Å²) in [5, 5.41) is 25.4. The summed E-state index contributed by atoms with van der Waals surface area (Å²) in [4.78, 5) is 10.9. The fourth-order valence-corrected chi connectivity index (χ4v) is 2.65. The van der Waals surface area contributed by atoms with Gasteiger partial charge < -0.3 is 25.6 Å². The Morgan fingerprint density at radius 3 is 2.48 bits per heavy atom. The molecule has 1 aromatic rings. The van der Waals surface area contributed by atoms with Gasteiger partial charge in [0.15, 0.2) is 0 Å². The standard InChI is InChI=1S/C16H25ClN2O4/c1-8(2)18-7-13(20)14-9(3)12(17)6-11(15(14)23-5)10(4)19-16(21)22/h6,8,10,13,18-20H,7H2,1-5H3,(H,21,22). The van der Waals surface area contributed by atoms with Crippen LogP contribution in [0.15, 0.2) is 6.07 Å². The first kappa shape index (κ1) is 19.5. The zero-order chi connectivity index (χ0) is 17.7. The zero-order valence-corrected chi connectivity index (χ0v) is 14.9. The van der Waals surface area contributed by atoms with Gasteiger partial charge in [-0.3, -0.25) is 0 Å². The van der Waals surface area contributed by atoms with Gasteiger partial charge in [-0.1, -0.05) is 25.4 Å². The highest BCUT2D eigenvalue weighted by atomic mass is 35.5. The molecule has 130 valence electrons. The van der Waals surface area contributed by atoms with Crippen molar-refractivity contribution >= 4 is 17.7 Å². The minimum Gasteiger partial charge on any atom is -0.496 e. The van der Waals surface area contributed by atoms with E-state index in [1.165, 1.54) is 7.11 Å². The highest BCUT2D eigenvalue weighted by Crippen LogP contribution is 2.39. The summed E-state index contributed by atoms with van der Waals surface area (Å²) in [6.45, 7) is 7.81. The lowest BCUT2D eigenvalue weighted by Gasteiger charge is -2.24. The van der Waals surface area contributed by atoms with Gasteiger partial charge in [0.2, 0.25) is 0 Å². The molecule has 0 aliphatic heterocycles. The van der Waals surface area contributed by atoms with E-state index >= 15 is 0 Å². The molecule has 1 rings (SSSR count). The second-order valence-electron chi connectivity index (χ2n) is 5.77. The van der Waals surface area contributed by atoms with Gasteiger partial charge in [0, 0.05) is 28.7 Å². The Hall–Kier alpha value is -1.50. The number of aliphatic hydroxyl groups excluding tert-OH is 1. The molecule has 4 N–H and O–H groups in total. The molecule has 2 unspecified atom stereocenters. The van der Waals surface area contributed by atoms with Crippen molar-refractivity contribution in [1.82, 2.24) is 10.6 Å². The van der Waals surface area contributed by atoms with Crippen LogP contribution in [0.1, 0.15) is 49.6 Å². The molecule has 6 nitrogen and oxygen atoms in total. The number of carbonyl (C=O) groups is 1. The average molecular weight is 345 g/mol. The molecular weight excluding hydrogens is 320 g/mol. The van der Waals surface area contributed by atoms with Crippen LogP contribution in [0.25, 0.3) is 0 Å². The number of benzene rings is 1. The van der Waals surface area contributed by atoms with Crippen LogP contribution in [0.3, 0.4) is 0 Å². The second-order valence-corrected chi connectivity index (χ2v) is 6.18. The van der Waals surface area contributed by atoms with Gasteiger partial charge >= 0.3 is 6.09 Å². The number of hydrogen-bond acceptors (Lipinski definition) is 4. The highest BCUT2D eigenvalue weighted by molar-refractivity contribution is 6.31. The van der Waals surface area contributed by atoms with E-state index in [2.05, 4.69) is 10.6 Å². The number of halogens is 1. The van der Waals surface area contributed by atoms with Gasteiger partial charge in [-0.05, 0) is 25.5 Å². The minimum absolute atomic E-state index is 0.224. The third-order valence-electron chi connectivity index (χ3n) is 3.61. The number of carboxylic acid groups (broad SMARTS) is 1. The maximum atomic E-state index is 10.9. The molecule has 0 spiro atoms. The Morgan fingerprint density at radius 1 is 1.39 bits per heavy atom. The van der Waals surface area contributed by atoms with Crippen molar-refractivity contribution in [1.29, 1.82) is 0 Å². The average Bonchev–Trinajstić information content (AvgIpc) is 2.45. The van der Waals surface area contributed by atoms with E-state index < -0.39 is 18.2 Å². The smallest absolute Gasteiger partial charge is 0.405 e. The first-order valence-electron chi connectivity index (χ1n) is 7.46. The Kier molecular flexibility index (Phi) is 7.12. The third-order valence-corrected chi connectivity index (χ3v) is 4.01. The van der Waals surface area contributed by atoms with E-state index in [0.717, 1.165) is 0 Å². The summed E-state index contributed by atoms with van der Waals surface area (Å²) in [5.74, 6) is 0.450. The van der Waals surface area contributed by atoms with Crippen LogP contribution in [-0.4, -0.2) is 36.0 Å². The van der Waals surface area contributed by atoms with E-state index in [4.69, 9.17) is 21.4 Å². The number of hydrogen-bond donors (Lipinski definition) is 4. The predicted octanol–water partition coefficient (Wildman–Crippen LogP) is 3.02. The number of amides is 1. The van der Waals surface area contributed by atoms with Crippen molar-refractivity contribution in [3.63, 3.8) is 0 Å². The molecule has 0 saturated heterocycles. The monoisotopic (exact) mass is 344 g/mol. The van der Waals surface area contributed by atoms with Crippen LogP contribution in [0.5, 0.6) is 5.75 Å². The maximum Gasteiger partial charge on any atom is 0.405 e. The topological polar surface area (TPSA) is 90.8 Å². The molecule has 2 atom stereocenters. The van der Waals surface area contributed by atoms with Gasteiger partial charge in [0.25, 0.3) is 0 Å². The molecule has 0 saturated carbocycles. The van der Waals surface area contributed by atoms with Crippen LogP contribution in [0.4, 0.5) is 4.79 Å². The normalized spacial score (nSPS) is 13.7. The predicted molar refractivity (Wildman–Crippen MR) is 90.4 cm³/mol. The highest BCUT2D eigenvalue weighted by Gasteiger charge is 2.24. The molecule has 0 aliphatic rings. The van der Waals surface area contributed by atoms with E-state index in [9.17, 15) is 9.90 Å². The third kappa shape index (κ3) is 4.99. The lowest BCUT2D eigenvalue weighted by Crippen LogP contribution is -2.29. The van der Waals surface area contributed by atoms with Crippen LogP contribution >= 0.6 is 11.6 Å². The lowest BCUT2D eigenvalue weighted by molar-refractivity contribution is 0.166. The number of ether oxygens (including phenoxy) is 1. The molecule has 1 amide bonds. The van der Waals surface area contributed by atoms with Gasteiger partial charge in [0.1, 0.15) is 5.75 Å². The van der Waals surface area contributed by atoms with Gasteiger partial charge in [0.05, 0.1) is 19.3 Å². The van der Waals surface area contributed by atoms with Gasteiger partial charge in [-0.15, -0.1) is 0 Å². The summed E-state index contributed by atoms with van der Waals surface area (Å²) in [6, 6.07) is 1.37. The van der Waals surface area contributed by atoms with Crippen molar-refractivity contribution in [3.05, 3.63) is 27.8 Å². The second kappa shape index (κ2) is 8.38. The van der Waals surface area contributed by atoms with Crippen molar-refractivity contribution in [2.45, 2.75) is 45.9 Å². The molecule has 0 bridgehead atoms. The Bertz CT molecular complexity index is 564. The van der Waals surface area contributed by atoms with E-state index in [-0.39, 0.29) is 6.04 Å². The zero-order valence-electron chi connectivity index (χ0n) is 14.1. The van der Waals surface area contributed by atoms with Crippen LogP contribution < -0.4 is 15.4 Å². The van der Waals surface area contributed by atoms with Crippen molar-refractivity contribution in [2.24, 2.45) is 0 Å². The molecule has 0 aliphatic carbocycles. The minimum atomic E-state index is -1.14. The molecule has 0 aromatic heterocycles. The molecule has 1 aromatic carbocycles. The maximum absolute atomic E-state index is 10.9. The van der Waals surface area contributed by atoms with Gasteiger partial charge in [-0.2, -0.15) is 0 Å². The molecule has 7 heteroatoms. The molecule has 0 heterocycles. The summed E-state index contributed by atoms with van der Waals surface area (Å²) in [7, 11) is 1.49. The van der Waals surface area contributed by atoms with E-state index in [0.29, 0.717) is 34.0 Å². The number of nitrogens with one attached hydrogen (secondary N) is 2. The number of aliphatic hydroxyl groups is 1. The molecular formula is C16H25ClN2O4. The van der Waals surface area contributed by atoms with Crippen molar-refractivity contribution in [2.75, 3.05) is 13.7 Å². The van der Waals surface area contributed by atoms with Crippen LogP contribution in [0.2, 0.25) is 5.02 Å². The lowest BCUT2D eigenvalue weighted by atomic mass is 9.95. The number of rotatable bonds is 7. The number of methoxy groups -OCH3 is 1. The van der Waals surface area contributed by atoms with E-state index in [1.807, 2.05) is 13.8 Å². The summed E-state index contributed by atoms with van der Waals surface area (Å²) in [5.41, 5.74) is 1.87. The quantitative estimate of drug-likeness (QED) is 0.610. The summed E-state index contributed by atoms with van der Waals surface area (Å²) >= 11 is 6.27. The fourth-order valence-electron chi connectivity index (χ4n) is 2.43. The SMILES string of the molecule is COc1c(C(C)NC(=O)O)cc(Cl)c(C)c1C(O)CNC(C)C. The first-order chi connectivity index (χ1) is 10.7. The molecule has 0 fully saturated rings. The van der Waals surface area contributed by atoms with Gasteiger partial charge in [-0.25, -0.2) is 4.79 Å². The van der Waals surface area contributed by atoms with E-state index in [1.54, 1.807) is 19.9 Å². The Balaban J connectivity index is 3.32. The summed E-state index contributed by atoms with van der Waals surface area (Å²) < 4.78 is 5.46. The molecule has 23 heavy (non-hydrogen) atoms. The van der Waals surface area contributed by atoms with Crippen molar-refractivity contribution < 1.29 is 19.7 Å². The van der Waals surface area contributed by atoms with Crippen LogP contribution in [0, 0.1) is 6.92 Å². The first-order valence-corrected chi connectivity index (χ1v) is 7.84. The van der Waals surface area contributed by atoms with Crippen molar-refractivity contribution in [3.8, 4) is 5.75 Å². The Labute approximate surface area is 141 Å². The van der Waals surface area contributed by atoms with Crippen LogP contribution in [-0.2, 0) is 0 Å². The summed E-state index contributed by atoms with van der Waals surface area (Å²) in [6.07, 6.45) is -1.96. The molecule has 0 radical (unpaired) electrons. The fraction of sp³-hybridized carbons (Fsp3) is 0.562. The largest absolute Gasteiger partial charge is 0.496 e. The Morgan fingerprint density at radius 2 is 2.00 bits per heavy atom.